The molecule has 0 aromatic carbocycles. The van der Waals surface area contributed by atoms with Gasteiger partial charge >= 0.3 is 0 Å². The molecule has 0 spiro atoms. The fourth-order valence-corrected chi connectivity index (χ4v) is 2.03. The summed E-state index contributed by atoms with van der Waals surface area (Å²) in [6.07, 6.45) is 2.59. The van der Waals surface area contributed by atoms with Gasteiger partial charge in [-0.15, -0.1) is 0 Å². The zero-order valence-electron chi connectivity index (χ0n) is 9.82. The van der Waals surface area contributed by atoms with E-state index in [0.29, 0.717) is 19.8 Å². The van der Waals surface area contributed by atoms with E-state index in [9.17, 15) is 4.79 Å². The first kappa shape index (κ1) is 11.8. The maximum absolute atomic E-state index is 11.7. The number of hydrogen-bond acceptors (Lipinski definition) is 4. The molecular weight excluding hydrogens is 206 g/mol. The Morgan fingerprint density at radius 1 is 1.50 bits per heavy atom. The number of ether oxygens (including phenoxy) is 1. The number of likely N-dealkylation sites (N-methyl/N-ethyl adjacent to an activating group) is 1. The first-order valence-electron chi connectivity index (χ1n) is 6.00. The minimum Gasteiger partial charge on any atom is -0.379 e. The summed E-state index contributed by atoms with van der Waals surface area (Å²) in [7, 11) is 2.11. The largest absolute Gasteiger partial charge is 0.379 e. The molecule has 3 N–H and O–H groups in total. The van der Waals surface area contributed by atoms with E-state index in [2.05, 4.69) is 17.3 Å². The Labute approximate surface area is 96.3 Å². The number of nitrogens with two attached hydrogens (primary N) is 1. The minimum atomic E-state index is -0.161. The number of rotatable bonds is 5. The molecule has 92 valence electrons. The first-order chi connectivity index (χ1) is 7.68. The van der Waals surface area contributed by atoms with Gasteiger partial charge in [0.05, 0.1) is 19.1 Å². The third kappa shape index (κ3) is 2.93. The monoisotopic (exact) mass is 227 g/mol. The van der Waals surface area contributed by atoms with Crippen LogP contribution in [0.4, 0.5) is 0 Å². The summed E-state index contributed by atoms with van der Waals surface area (Å²) in [6.45, 7) is 2.58. The van der Waals surface area contributed by atoms with Crippen LogP contribution in [-0.4, -0.2) is 56.2 Å². The maximum Gasteiger partial charge on any atom is 0.227 e. The van der Waals surface area contributed by atoms with E-state index in [1.807, 2.05) is 0 Å². The summed E-state index contributed by atoms with van der Waals surface area (Å²) in [4.78, 5) is 14.0. The molecule has 16 heavy (non-hydrogen) atoms. The highest BCUT2D eigenvalue weighted by atomic mass is 16.5. The van der Waals surface area contributed by atoms with Crippen molar-refractivity contribution < 1.29 is 9.53 Å². The van der Waals surface area contributed by atoms with Gasteiger partial charge in [0.25, 0.3) is 0 Å². The predicted octanol–water partition coefficient (Wildman–Crippen LogP) is -0.829. The average Bonchev–Trinajstić information content (AvgIpc) is 3.01. The maximum atomic E-state index is 11.7. The SMILES string of the molecule is CN(CCNC(=O)C1COCC1N)C1CC1. The minimum absolute atomic E-state index is 0.0363. The highest BCUT2D eigenvalue weighted by Crippen LogP contribution is 2.24. The zero-order chi connectivity index (χ0) is 11.5. The number of carbonyl (C=O) groups excluding carboxylic acids is 1. The van der Waals surface area contributed by atoms with Crippen molar-refractivity contribution in [2.24, 2.45) is 11.7 Å². The van der Waals surface area contributed by atoms with E-state index in [4.69, 9.17) is 10.5 Å². The van der Waals surface area contributed by atoms with Crippen LogP contribution >= 0.6 is 0 Å². The van der Waals surface area contributed by atoms with E-state index >= 15 is 0 Å². The summed E-state index contributed by atoms with van der Waals surface area (Å²) in [6, 6.07) is 0.607. The molecule has 5 heteroatoms. The zero-order valence-corrected chi connectivity index (χ0v) is 9.82. The third-order valence-corrected chi connectivity index (χ3v) is 3.40. The molecule has 2 rings (SSSR count). The second kappa shape index (κ2) is 5.12. The fraction of sp³-hybridized carbons (Fsp3) is 0.909. The van der Waals surface area contributed by atoms with E-state index < -0.39 is 0 Å². The Bertz CT molecular complexity index is 256. The summed E-state index contributed by atoms with van der Waals surface area (Å²) in [5.74, 6) is -0.125. The smallest absolute Gasteiger partial charge is 0.227 e. The summed E-state index contributed by atoms with van der Waals surface area (Å²) < 4.78 is 5.17. The van der Waals surface area contributed by atoms with Crippen molar-refractivity contribution in [2.75, 3.05) is 33.4 Å². The fourth-order valence-electron chi connectivity index (χ4n) is 2.03. The molecule has 1 saturated heterocycles. The standard InChI is InChI=1S/C11H21N3O2/c1-14(8-2-3-8)5-4-13-11(15)9-6-16-7-10(9)12/h8-10H,2-7,12H2,1H3,(H,13,15). The van der Waals surface area contributed by atoms with Crippen molar-refractivity contribution in [3.8, 4) is 0 Å². The lowest BCUT2D eigenvalue weighted by molar-refractivity contribution is -0.125. The van der Waals surface area contributed by atoms with Crippen molar-refractivity contribution >= 4 is 5.91 Å². The van der Waals surface area contributed by atoms with E-state index in [1.165, 1.54) is 12.8 Å². The van der Waals surface area contributed by atoms with Crippen LogP contribution in [0.5, 0.6) is 0 Å². The Morgan fingerprint density at radius 2 is 2.25 bits per heavy atom. The summed E-state index contributed by atoms with van der Waals surface area (Å²) in [5.41, 5.74) is 5.77. The van der Waals surface area contributed by atoms with Gasteiger partial charge in [-0.1, -0.05) is 0 Å². The number of nitrogens with zero attached hydrogens (tertiary/aromatic N) is 1. The number of hydrogen-bond donors (Lipinski definition) is 2. The molecule has 0 radical (unpaired) electrons. The van der Waals surface area contributed by atoms with Gasteiger partial charge in [0.15, 0.2) is 0 Å². The molecule has 2 fully saturated rings. The van der Waals surface area contributed by atoms with Crippen LogP contribution in [0.2, 0.25) is 0 Å². The van der Waals surface area contributed by atoms with Crippen molar-refractivity contribution in [3.63, 3.8) is 0 Å². The second-order valence-electron chi connectivity index (χ2n) is 4.81. The lowest BCUT2D eigenvalue weighted by Gasteiger charge is -2.17. The Hall–Kier alpha value is -0.650. The van der Waals surface area contributed by atoms with Crippen molar-refractivity contribution in [2.45, 2.75) is 24.9 Å². The molecule has 0 aromatic heterocycles. The normalized spacial score (nSPS) is 29.7. The van der Waals surface area contributed by atoms with Crippen LogP contribution in [0.3, 0.4) is 0 Å². The van der Waals surface area contributed by atoms with Crippen LogP contribution < -0.4 is 11.1 Å². The van der Waals surface area contributed by atoms with Crippen LogP contribution in [-0.2, 0) is 9.53 Å². The lowest BCUT2D eigenvalue weighted by Crippen LogP contribution is -2.43. The molecule has 2 aliphatic rings. The van der Waals surface area contributed by atoms with E-state index in [1.54, 1.807) is 0 Å². The van der Waals surface area contributed by atoms with Gasteiger partial charge in [0.2, 0.25) is 5.91 Å². The molecule has 1 aliphatic heterocycles. The molecule has 1 aliphatic carbocycles. The van der Waals surface area contributed by atoms with Crippen LogP contribution in [0, 0.1) is 5.92 Å². The van der Waals surface area contributed by atoms with Gasteiger partial charge in [-0.05, 0) is 19.9 Å². The Morgan fingerprint density at radius 3 is 2.81 bits per heavy atom. The quantitative estimate of drug-likeness (QED) is 0.643. The van der Waals surface area contributed by atoms with Crippen molar-refractivity contribution in [1.29, 1.82) is 0 Å². The topological polar surface area (TPSA) is 67.6 Å². The molecule has 0 aromatic rings. The molecule has 2 atom stereocenters. The van der Waals surface area contributed by atoms with Gasteiger partial charge in [-0.3, -0.25) is 4.79 Å². The van der Waals surface area contributed by atoms with Gasteiger partial charge in [-0.2, -0.15) is 0 Å². The van der Waals surface area contributed by atoms with Gasteiger partial charge in [-0.25, -0.2) is 0 Å². The highest BCUT2D eigenvalue weighted by molar-refractivity contribution is 5.79. The molecule has 1 saturated carbocycles. The van der Waals surface area contributed by atoms with Gasteiger partial charge < -0.3 is 20.7 Å². The highest BCUT2D eigenvalue weighted by Gasteiger charge is 2.31. The lowest BCUT2D eigenvalue weighted by atomic mass is 10.0. The van der Waals surface area contributed by atoms with Crippen LogP contribution in [0.1, 0.15) is 12.8 Å². The van der Waals surface area contributed by atoms with Crippen LogP contribution in [0.25, 0.3) is 0 Å². The van der Waals surface area contributed by atoms with Crippen molar-refractivity contribution in [1.82, 2.24) is 10.2 Å². The van der Waals surface area contributed by atoms with Crippen molar-refractivity contribution in [3.05, 3.63) is 0 Å². The summed E-state index contributed by atoms with van der Waals surface area (Å²) in [5, 5.41) is 2.93. The molecule has 2 unspecified atom stereocenters. The second-order valence-corrected chi connectivity index (χ2v) is 4.81. The molecule has 5 nitrogen and oxygen atoms in total. The molecule has 0 bridgehead atoms. The molecule has 1 amide bonds. The van der Waals surface area contributed by atoms with E-state index in [0.717, 1.165) is 12.6 Å². The number of amides is 1. The van der Waals surface area contributed by atoms with Crippen LogP contribution in [0.15, 0.2) is 0 Å². The molecular formula is C11H21N3O2. The first-order valence-corrected chi connectivity index (χ1v) is 6.00. The molecule has 1 heterocycles. The average molecular weight is 227 g/mol. The van der Waals surface area contributed by atoms with E-state index in [-0.39, 0.29) is 17.9 Å². The predicted molar refractivity (Wildman–Crippen MR) is 60.9 cm³/mol. The van der Waals surface area contributed by atoms with Gasteiger partial charge in [0, 0.05) is 25.2 Å². The Balaban J connectivity index is 1.63. The summed E-state index contributed by atoms with van der Waals surface area (Å²) >= 11 is 0. The Kier molecular flexibility index (Phi) is 3.78. The number of nitrogens with one attached hydrogen (secondary N) is 1. The van der Waals surface area contributed by atoms with Gasteiger partial charge in [0.1, 0.15) is 0 Å². The third-order valence-electron chi connectivity index (χ3n) is 3.40. The number of carbonyl (C=O) groups is 1.